The van der Waals surface area contributed by atoms with Crippen LogP contribution in [0.25, 0.3) is 0 Å². The van der Waals surface area contributed by atoms with Crippen molar-refractivity contribution in [2.45, 2.75) is 12.5 Å². The highest BCUT2D eigenvalue weighted by Crippen LogP contribution is 2.22. The van der Waals surface area contributed by atoms with Crippen molar-refractivity contribution in [2.75, 3.05) is 5.73 Å². The zero-order valence-corrected chi connectivity index (χ0v) is 10.5. The van der Waals surface area contributed by atoms with E-state index in [1.54, 1.807) is 0 Å². The number of benzene rings is 1. The first-order valence-corrected chi connectivity index (χ1v) is 5.56. The number of rotatable bonds is 5. The molecule has 0 aliphatic heterocycles. The number of carboxylic acid groups (broad SMARTS) is 1. The van der Waals surface area contributed by atoms with E-state index in [2.05, 4.69) is 5.32 Å². The van der Waals surface area contributed by atoms with Gasteiger partial charge in [-0.15, -0.1) is 0 Å². The number of nitrogens with two attached hydrogens (primary N) is 2. The van der Waals surface area contributed by atoms with Crippen LogP contribution in [0.2, 0.25) is 5.02 Å². The second-order valence-corrected chi connectivity index (χ2v) is 4.14. The number of carboxylic acids is 1. The maximum absolute atomic E-state index is 11.8. The molecule has 19 heavy (non-hydrogen) atoms. The number of aliphatic carboxylic acids is 1. The van der Waals surface area contributed by atoms with Crippen LogP contribution in [0.1, 0.15) is 16.8 Å². The highest BCUT2D eigenvalue weighted by atomic mass is 35.5. The Morgan fingerprint density at radius 3 is 2.53 bits per heavy atom. The van der Waals surface area contributed by atoms with Crippen LogP contribution in [0.3, 0.4) is 0 Å². The third-order valence-corrected chi connectivity index (χ3v) is 2.64. The molecule has 2 amide bonds. The van der Waals surface area contributed by atoms with Crippen molar-refractivity contribution in [3.63, 3.8) is 0 Å². The Labute approximate surface area is 113 Å². The van der Waals surface area contributed by atoms with Crippen LogP contribution in [-0.2, 0) is 9.59 Å². The van der Waals surface area contributed by atoms with E-state index in [1.165, 1.54) is 18.2 Å². The normalized spacial score (nSPS) is 11.6. The molecule has 0 saturated carbocycles. The highest BCUT2D eigenvalue weighted by Gasteiger charge is 2.23. The number of nitrogens with one attached hydrogen (secondary N) is 1. The molecule has 0 radical (unpaired) electrons. The maximum atomic E-state index is 11.8. The van der Waals surface area contributed by atoms with Gasteiger partial charge in [0, 0.05) is 0 Å². The predicted molar refractivity (Wildman–Crippen MR) is 68.6 cm³/mol. The number of amides is 2. The van der Waals surface area contributed by atoms with E-state index in [9.17, 15) is 14.4 Å². The van der Waals surface area contributed by atoms with E-state index in [1.807, 2.05) is 0 Å². The summed E-state index contributed by atoms with van der Waals surface area (Å²) in [6.45, 7) is 0. The predicted octanol–water partition coefficient (Wildman–Crippen LogP) is -0.0194. The molecule has 0 bridgehead atoms. The Morgan fingerprint density at radius 1 is 1.37 bits per heavy atom. The zero-order valence-electron chi connectivity index (χ0n) is 9.72. The minimum absolute atomic E-state index is 0.0308. The van der Waals surface area contributed by atoms with Gasteiger partial charge < -0.3 is 21.9 Å². The quantitative estimate of drug-likeness (QED) is 0.564. The molecule has 0 aromatic heterocycles. The van der Waals surface area contributed by atoms with Crippen LogP contribution in [0.15, 0.2) is 18.2 Å². The number of hydrogen-bond donors (Lipinski definition) is 4. The molecule has 0 spiro atoms. The molecule has 1 atom stereocenters. The Balaban J connectivity index is 2.91. The number of para-hydroxylation sites is 1. The van der Waals surface area contributed by atoms with Gasteiger partial charge in [0.15, 0.2) is 0 Å². The lowest BCUT2D eigenvalue weighted by atomic mass is 10.1. The van der Waals surface area contributed by atoms with Crippen molar-refractivity contribution in [3.05, 3.63) is 28.8 Å². The fraction of sp³-hybridized carbons (Fsp3) is 0.182. The van der Waals surface area contributed by atoms with Gasteiger partial charge in [-0.25, -0.2) is 4.79 Å². The number of primary amides is 1. The first kappa shape index (κ1) is 14.8. The monoisotopic (exact) mass is 285 g/mol. The van der Waals surface area contributed by atoms with Crippen LogP contribution < -0.4 is 16.8 Å². The molecule has 1 aromatic carbocycles. The van der Waals surface area contributed by atoms with Gasteiger partial charge >= 0.3 is 5.97 Å². The fourth-order valence-electron chi connectivity index (χ4n) is 1.37. The molecule has 1 unspecified atom stereocenters. The SMILES string of the molecule is NC(=O)CC(NC(=O)c1cccc(Cl)c1N)C(=O)O. The van der Waals surface area contributed by atoms with E-state index >= 15 is 0 Å². The zero-order chi connectivity index (χ0) is 14.6. The van der Waals surface area contributed by atoms with Crippen LogP contribution in [0, 0.1) is 0 Å². The first-order chi connectivity index (χ1) is 8.82. The molecule has 1 aromatic rings. The number of carbonyl (C=O) groups is 3. The van der Waals surface area contributed by atoms with Gasteiger partial charge in [0.1, 0.15) is 6.04 Å². The Kier molecular flexibility index (Phi) is 4.71. The highest BCUT2D eigenvalue weighted by molar-refractivity contribution is 6.34. The van der Waals surface area contributed by atoms with Gasteiger partial charge in [-0.3, -0.25) is 9.59 Å². The van der Waals surface area contributed by atoms with Gasteiger partial charge in [0.25, 0.3) is 5.91 Å². The van der Waals surface area contributed by atoms with Crippen LogP contribution in [0.4, 0.5) is 5.69 Å². The molecule has 102 valence electrons. The number of halogens is 1. The molecule has 7 nitrogen and oxygen atoms in total. The summed E-state index contributed by atoms with van der Waals surface area (Å²) in [7, 11) is 0. The summed E-state index contributed by atoms with van der Waals surface area (Å²) in [5.41, 5.74) is 10.6. The largest absolute Gasteiger partial charge is 0.480 e. The third kappa shape index (κ3) is 3.85. The molecule has 0 aliphatic rings. The van der Waals surface area contributed by atoms with Gasteiger partial charge in [-0.1, -0.05) is 17.7 Å². The number of nitrogen functional groups attached to an aromatic ring is 1. The van der Waals surface area contributed by atoms with Crippen molar-refractivity contribution in [1.82, 2.24) is 5.32 Å². The molecular weight excluding hydrogens is 274 g/mol. The third-order valence-electron chi connectivity index (χ3n) is 2.31. The smallest absolute Gasteiger partial charge is 0.326 e. The van der Waals surface area contributed by atoms with Gasteiger partial charge in [-0.05, 0) is 12.1 Å². The van der Waals surface area contributed by atoms with E-state index in [0.29, 0.717) is 0 Å². The van der Waals surface area contributed by atoms with Crippen LogP contribution in [-0.4, -0.2) is 28.9 Å². The Morgan fingerprint density at radius 2 is 2.00 bits per heavy atom. The summed E-state index contributed by atoms with van der Waals surface area (Å²) in [6, 6.07) is 2.96. The molecule has 8 heteroatoms. The van der Waals surface area contributed by atoms with Gasteiger partial charge in [0.2, 0.25) is 5.91 Å². The maximum Gasteiger partial charge on any atom is 0.326 e. The lowest BCUT2D eigenvalue weighted by Crippen LogP contribution is -2.43. The lowest BCUT2D eigenvalue weighted by Gasteiger charge is -2.14. The van der Waals surface area contributed by atoms with Crippen molar-refractivity contribution in [1.29, 1.82) is 0 Å². The van der Waals surface area contributed by atoms with E-state index in [0.717, 1.165) is 0 Å². The Bertz CT molecular complexity index is 533. The number of anilines is 1. The summed E-state index contributed by atoms with van der Waals surface area (Å²) >= 11 is 5.75. The minimum Gasteiger partial charge on any atom is -0.480 e. The van der Waals surface area contributed by atoms with Gasteiger partial charge in [0.05, 0.1) is 22.7 Å². The molecule has 0 heterocycles. The summed E-state index contributed by atoms with van der Waals surface area (Å²) in [5.74, 6) is -2.95. The molecule has 6 N–H and O–H groups in total. The second-order valence-electron chi connectivity index (χ2n) is 3.74. The summed E-state index contributed by atoms with van der Waals surface area (Å²) in [4.78, 5) is 33.4. The van der Waals surface area contributed by atoms with E-state index in [-0.39, 0.29) is 16.3 Å². The first-order valence-electron chi connectivity index (χ1n) is 5.19. The molecule has 0 saturated heterocycles. The van der Waals surface area contributed by atoms with Gasteiger partial charge in [-0.2, -0.15) is 0 Å². The van der Waals surface area contributed by atoms with Crippen molar-refractivity contribution in [2.24, 2.45) is 5.73 Å². The summed E-state index contributed by atoms with van der Waals surface area (Å²) < 4.78 is 0. The Hall–Kier alpha value is -2.28. The van der Waals surface area contributed by atoms with E-state index < -0.39 is 30.2 Å². The standard InChI is InChI=1S/C11H12ClN3O4/c12-6-3-1-2-5(9(6)14)10(17)15-7(11(18)19)4-8(13)16/h1-3,7H,4,14H2,(H2,13,16)(H,15,17)(H,18,19). The lowest BCUT2D eigenvalue weighted by molar-refractivity contribution is -0.140. The van der Waals surface area contributed by atoms with Crippen molar-refractivity contribution < 1.29 is 19.5 Å². The molecule has 0 fully saturated rings. The minimum atomic E-state index is -1.41. The number of hydrogen-bond acceptors (Lipinski definition) is 4. The molecule has 1 rings (SSSR count). The van der Waals surface area contributed by atoms with E-state index in [4.69, 9.17) is 28.2 Å². The average Bonchev–Trinajstić information content (AvgIpc) is 2.31. The second kappa shape index (κ2) is 6.05. The van der Waals surface area contributed by atoms with Crippen molar-refractivity contribution >= 4 is 35.1 Å². The fourth-order valence-corrected chi connectivity index (χ4v) is 1.55. The van der Waals surface area contributed by atoms with Crippen LogP contribution >= 0.6 is 11.6 Å². The summed E-state index contributed by atoms with van der Waals surface area (Å²) in [5, 5.41) is 11.2. The molecular formula is C11H12ClN3O4. The van der Waals surface area contributed by atoms with Crippen molar-refractivity contribution in [3.8, 4) is 0 Å². The average molecular weight is 286 g/mol. The molecule has 0 aliphatic carbocycles. The summed E-state index contributed by atoms with van der Waals surface area (Å²) in [6.07, 6.45) is -0.512. The topological polar surface area (TPSA) is 136 Å². The van der Waals surface area contributed by atoms with Crippen LogP contribution in [0.5, 0.6) is 0 Å². The number of carbonyl (C=O) groups excluding carboxylic acids is 2.